The fraction of sp³-hybridized carbons (Fsp3) is 0.444. The highest BCUT2D eigenvalue weighted by molar-refractivity contribution is 7.89. The number of aromatic nitrogens is 1. The summed E-state index contributed by atoms with van der Waals surface area (Å²) in [5, 5.41) is 5.44. The molecule has 1 aromatic carbocycles. The summed E-state index contributed by atoms with van der Waals surface area (Å²) in [4.78, 5) is 16.5. The van der Waals surface area contributed by atoms with Gasteiger partial charge in [-0.05, 0) is 12.8 Å². The van der Waals surface area contributed by atoms with Crippen molar-refractivity contribution < 1.29 is 13.2 Å². The zero-order valence-corrected chi connectivity index (χ0v) is 16.2. The van der Waals surface area contributed by atoms with Gasteiger partial charge in [0.05, 0.1) is 17.9 Å². The number of hydrogen-bond donors (Lipinski definition) is 1. The number of nitrogens with zero attached hydrogens (tertiary/aromatic N) is 2. The van der Waals surface area contributed by atoms with Gasteiger partial charge in [0.25, 0.3) is 0 Å². The van der Waals surface area contributed by atoms with Gasteiger partial charge in [0.15, 0.2) is 0 Å². The fourth-order valence-corrected chi connectivity index (χ4v) is 5.18. The standard InChI is InChI=1S/C18H23N3O3S2/c22-17(19-9-12-26(23,24)21-10-5-2-6-11-21)13-16-14-25-18(20-16)15-7-3-1-4-8-15/h1,3-4,7-8,14H,2,5-6,9-13H2,(H,19,22). The highest BCUT2D eigenvalue weighted by atomic mass is 32.2. The number of carbonyl (C=O) groups is 1. The predicted molar refractivity (Wildman–Crippen MR) is 103 cm³/mol. The summed E-state index contributed by atoms with van der Waals surface area (Å²) < 4.78 is 26.0. The van der Waals surface area contributed by atoms with Gasteiger partial charge in [0.2, 0.25) is 15.9 Å². The van der Waals surface area contributed by atoms with Crippen LogP contribution in [0.4, 0.5) is 0 Å². The maximum absolute atomic E-state index is 12.2. The third-order valence-electron chi connectivity index (χ3n) is 4.30. The van der Waals surface area contributed by atoms with Crippen LogP contribution in [-0.4, -0.2) is 49.0 Å². The summed E-state index contributed by atoms with van der Waals surface area (Å²) in [7, 11) is -3.28. The monoisotopic (exact) mass is 393 g/mol. The molecule has 3 rings (SSSR count). The fourth-order valence-electron chi connectivity index (χ4n) is 2.92. The third-order valence-corrected chi connectivity index (χ3v) is 7.12. The van der Waals surface area contributed by atoms with Gasteiger partial charge in [-0.2, -0.15) is 0 Å². The van der Waals surface area contributed by atoms with Crippen molar-refractivity contribution in [1.29, 1.82) is 0 Å². The van der Waals surface area contributed by atoms with E-state index in [-0.39, 0.29) is 24.6 Å². The van der Waals surface area contributed by atoms with Crippen LogP contribution in [0.25, 0.3) is 10.6 Å². The molecule has 0 aliphatic carbocycles. The lowest BCUT2D eigenvalue weighted by molar-refractivity contribution is -0.120. The number of nitrogens with one attached hydrogen (secondary N) is 1. The molecule has 0 saturated carbocycles. The van der Waals surface area contributed by atoms with E-state index >= 15 is 0 Å². The van der Waals surface area contributed by atoms with E-state index in [1.807, 2.05) is 35.7 Å². The molecular weight excluding hydrogens is 370 g/mol. The van der Waals surface area contributed by atoms with Crippen LogP contribution in [0.5, 0.6) is 0 Å². The van der Waals surface area contributed by atoms with Crippen molar-refractivity contribution in [2.75, 3.05) is 25.4 Å². The molecule has 1 fully saturated rings. The number of benzene rings is 1. The molecule has 0 spiro atoms. The number of thiazole rings is 1. The first-order valence-corrected chi connectivity index (χ1v) is 11.3. The summed E-state index contributed by atoms with van der Waals surface area (Å²) in [6, 6.07) is 9.81. The Hall–Kier alpha value is -1.77. The first-order valence-electron chi connectivity index (χ1n) is 8.79. The van der Waals surface area contributed by atoms with Crippen LogP contribution in [0.15, 0.2) is 35.7 Å². The molecule has 1 aliphatic rings. The molecule has 8 heteroatoms. The molecule has 1 aliphatic heterocycles. The second kappa shape index (κ2) is 8.75. The van der Waals surface area contributed by atoms with Crippen molar-refractivity contribution in [3.63, 3.8) is 0 Å². The van der Waals surface area contributed by atoms with Gasteiger partial charge in [-0.3, -0.25) is 4.79 Å². The van der Waals surface area contributed by atoms with Crippen LogP contribution < -0.4 is 5.32 Å². The minimum atomic E-state index is -3.28. The van der Waals surface area contributed by atoms with E-state index < -0.39 is 10.0 Å². The number of carbonyl (C=O) groups excluding carboxylic acids is 1. The summed E-state index contributed by atoms with van der Waals surface area (Å²) in [5.41, 5.74) is 1.72. The molecule has 1 saturated heterocycles. The van der Waals surface area contributed by atoms with Crippen LogP contribution in [0.3, 0.4) is 0 Å². The Morgan fingerprint density at radius 1 is 1.15 bits per heavy atom. The van der Waals surface area contributed by atoms with Gasteiger partial charge in [-0.15, -0.1) is 11.3 Å². The topological polar surface area (TPSA) is 79.4 Å². The Morgan fingerprint density at radius 2 is 1.88 bits per heavy atom. The SMILES string of the molecule is O=C(Cc1csc(-c2ccccc2)n1)NCCS(=O)(=O)N1CCCCC1. The molecule has 0 atom stereocenters. The normalized spacial score (nSPS) is 15.7. The van der Waals surface area contributed by atoms with Crippen LogP contribution in [-0.2, 0) is 21.2 Å². The lowest BCUT2D eigenvalue weighted by Crippen LogP contribution is -2.40. The number of sulfonamides is 1. The second-order valence-corrected chi connectivity index (χ2v) is 9.26. The van der Waals surface area contributed by atoms with Crippen molar-refractivity contribution >= 4 is 27.3 Å². The molecule has 26 heavy (non-hydrogen) atoms. The average molecular weight is 394 g/mol. The second-order valence-electron chi connectivity index (χ2n) is 6.31. The number of hydrogen-bond acceptors (Lipinski definition) is 5. The average Bonchev–Trinajstić information content (AvgIpc) is 3.11. The molecular formula is C18H23N3O3S2. The van der Waals surface area contributed by atoms with Crippen LogP contribution in [0, 0.1) is 0 Å². The highest BCUT2D eigenvalue weighted by Gasteiger charge is 2.23. The van der Waals surface area contributed by atoms with Crippen molar-refractivity contribution in [1.82, 2.24) is 14.6 Å². The van der Waals surface area contributed by atoms with Crippen LogP contribution in [0.1, 0.15) is 25.0 Å². The van der Waals surface area contributed by atoms with E-state index in [4.69, 9.17) is 0 Å². The van der Waals surface area contributed by atoms with Gasteiger partial charge >= 0.3 is 0 Å². The molecule has 0 unspecified atom stereocenters. The first-order chi connectivity index (χ1) is 12.5. The molecule has 2 aromatic rings. The van der Waals surface area contributed by atoms with Gasteiger partial charge < -0.3 is 5.32 Å². The van der Waals surface area contributed by atoms with E-state index in [1.165, 1.54) is 15.6 Å². The summed E-state index contributed by atoms with van der Waals surface area (Å²) >= 11 is 1.50. The minimum absolute atomic E-state index is 0.0505. The molecule has 1 N–H and O–H groups in total. The summed E-state index contributed by atoms with van der Waals surface area (Å²) in [5.74, 6) is -0.255. The highest BCUT2D eigenvalue weighted by Crippen LogP contribution is 2.23. The van der Waals surface area contributed by atoms with Gasteiger partial charge in [-0.25, -0.2) is 17.7 Å². The predicted octanol–water partition coefficient (Wildman–Crippen LogP) is 2.28. The lowest BCUT2D eigenvalue weighted by atomic mass is 10.2. The minimum Gasteiger partial charge on any atom is -0.355 e. The number of piperidine rings is 1. The third kappa shape index (κ3) is 5.12. The Bertz CT molecular complexity index is 828. The van der Waals surface area contributed by atoms with Gasteiger partial charge in [-0.1, -0.05) is 36.8 Å². The smallest absolute Gasteiger partial charge is 0.226 e. The van der Waals surface area contributed by atoms with Crippen molar-refractivity contribution in [2.45, 2.75) is 25.7 Å². The van der Waals surface area contributed by atoms with E-state index in [9.17, 15) is 13.2 Å². The Balaban J connectivity index is 1.46. The summed E-state index contributed by atoms with van der Waals surface area (Å²) in [6.45, 7) is 1.32. The summed E-state index contributed by atoms with van der Waals surface area (Å²) in [6.07, 6.45) is 3.08. The first kappa shape index (κ1) is 19.0. The molecule has 1 aromatic heterocycles. The number of rotatable bonds is 7. The largest absolute Gasteiger partial charge is 0.355 e. The molecule has 1 amide bonds. The van der Waals surface area contributed by atoms with Crippen molar-refractivity contribution in [2.24, 2.45) is 0 Å². The quantitative estimate of drug-likeness (QED) is 0.783. The Labute approximate surface area is 158 Å². The molecule has 2 heterocycles. The molecule has 140 valence electrons. The van der Waals surface area contributed by atoms with E-state index in [0.29, 0.717) is 18.8 Å². The maximum atomic E-state index is 12.2. The molecule has 0 bridgehead atoms. The zero-order chi connectivity index (χ0) is 18.4. The number of amides is 1. The Kier molecular flexibility index (Phi) is 6.39. The zero-order valence-electron chi connectivity index (χ0n) is 14.6. The van der Waals surface area contributed by atoms with Gasteiger partial charge in [0.1, 0.15) is 5.01 Å². The van der Waals surface area contributed by atoms with Gasteiger partial charge in [0, 0.05) is 30.6 Å². The van der Waals surface area contributed by atoms with Crippen molar-refractivity contribution in [3.8, 4) is 10.6 Å². The molecule has 6 nitrogen and oxygen atoms in total. The van der Waals surface area contributed by atoms with Crippen LogP contribution in [0.2, 0.25) is 0 Å². The van der Waals surface area contributed by atoms with Crippen LogP contribution >= 0.6 is 11.3 Å². The lowest BCUT2D eigenvalue weighted by Gasteiger charge is -2.25. The Morgan fingerprint density at radius 3 is 2.62 bits per heavy atom. The van der Waals surface area contributed by atoms with Crippen molar-refractivity contribution in [3.05, 3.63) is 41.4 Å². The maximum Gasteiger partial charge on any atom is 0.226 e. The van der Waals surface area contributed by atoms with E-state index in [1.54, 1.807) is 0 Å². The molecule has 0 radical (unpaired) electrons. The van der Waals surface area contributed by atoms with E-state index in [2.05, 4.69) is 10.3 Å². The van der Waals surface area contributed by atoms with E-state index in [0.717, 1.165) is 29.8 Å².